The summed E-state index contributed by atoms with van der Waals surface area (Å²) in [5.41, 5.74) is 0.692. The zero-order valence-corrected chi connectivity index (χ0v) is 11.3. The van der Waals surface area contributed by atoms with Gasteiger partial charge in [-0.1, -0.05) is 28.1 Å². The fraction of sp³-hybridized carbons (Fsp3) is 0.417. The highest BCUT2D eigenvalue weighted by atomic mass is 79.9. The van der Waals surface area contributed by atoms with Crippen LogP contribution in [0.1, 0.15) is 5.56 Å². The van der Waals surface area contributed by atoms with Crippen molar-refractivity contribution in [3.63, 3.8) is 0 Å². The van der Waals surface area contributed by atoms with E-state index in [0.29, 0.717) is 5.56 Å². The van der Waals surface area contributed by atoms with Crippen LogP contribution in [-0.4, -0.2) is 31.3 Å². The Labute approximate surface area is 115 Å². The third-order valence-electron chi connectivity index (χ3n) is 2.19. The van der Waals surface area contributed by atoms with Crippen LogP contribution in [0.2, 0.25) is 0 Å². The van der Waals surface area contributed by atoms with Gasteiger partial charge in [-0.2, -0.15) is 8.78 Å². The molecule has 0 aliphatic carbocycles. The quantitative estimate of drug-likeness (QED) is 0.709. The van der Waals surface area contributed by atoms with Crippen LogP contribution >= 0.6 is 15.9 Å². The third kappa shape index (κ3) is 5.69. The summed E-state index contributed by atoms with van der Waals surface area (Å²) >= 11 is 3.22. The molecule has 1 aromatic carbocycles. The van der Waals surface area contributed by atoms with Crippen LogP contribution in [0.3, 0.4) is 0 Å². The van der Waals surface area contributed by atoms with Crippen LogP contribution in [0.15, 0.2) is 28.7 Å². The van der Waals surface area contributed by atoms with Crippen molar-refractivity contribution in [2.75, 3.05) is 13.2 Å². The van der Waals surface area contributed by atoms with Gasteiger partial charge >= 0.3 is 12.3 Å². The van der Waals surface area contributed by atoms with Crippen molar-refractivity contribution in [2.45, 2.75) is 18.8 Å². The molecule has 0 unspecified atom stereocenters. The van der Waals surface area contributed by atoms with Gasteiger partial charge in [-0.05, 0) is 17.7 Å². The number of Topliss-reactive ketones (excluding diaryl/α,β-unsaturated/α-hetero) is 1. The molecule has 0 aliphatic rings. The van der Waals surface area contributed by atoms with Crippen molar-refractivity contribution in [3.8, 4) is 0 Å². The van der Waals surface area contributed by atoms with Gasteiger partial charge in [-0.3, -0.25) is 4.79 Å². The second-order valence-electron chi connectivity index (χ2n) is 3.90. The molecule has 1 rings (SSSR count). The number of carbonyl (C=O) groups excluding carboxylic acids is 1. The summed E-state index contributed by atoms with van der Waals surface area (Å²) in [5, 5.41) is 0. The Hall–Kier alpha value is -0.950. The summed E-state index contributed by atoms with van der Waals surface area (Å²) in [4.78, 5) is 11.4. The molecule has 0 spiro atoms. The number of benzene rings is 1. The maximum absolute atomic E-state index is 12.5. The normalized spacial score (nSPS) is 11.9. The predicted molar refractivity (Wildman–Crippen MR) is 64.6 cm³/mol. The number of alkyl halides is 4. The highest BCUT2D eigenvalue weighted by molar-refractivity contribution is 9.10. The van der Waals surface area contributed by atoms with Crippen LogP contribution in [0.25, 0.3) is 0 Å². The molecule has 106 valence electrons. The smallest absolute Gasteiger partial charge is 0.330 e. The molecular weight excluding hydrogens is 332 g/mol. The van der Waals surface area contributed by atoms with E-state index in [1.54, 1.807) is 24.3 Å². The Bertz CT molecular complexity index is 420. The van der Waals surface area contributed by atoms with Gasteiger partial charge in [0.25, 0.3) is 0 Å². The fourth-order valence-corrected chi connectivity index (χ4v) is 1.51. The van der Waals surface area contributed by atoms with Gasteiger partial charge in [-0.25, -0.2) is 8.78 Å². The number of halogens is 5. The van der Waals surface area contributed by atoms with E-state index in [1.807, 2.05) is 0 Å². The van der Waals surface area contributed by atoms with Crippen LogP contribution in [-0.2, 0) is 16.0 Å². The zero-order valence-electron chi connectivity index (χ0n) is 9.71. The molecule has 0 N–H and O–H groups in total. The van der Waals surface area contributed by atoms with E-state index in [0.717, 1.165) is 4.47 Å². The van der Waals surface area contributed by atoms with Gasteiger partial charge in [0.05, 0.1) is 0 Å². The van der Waals surface area contributed by atoms with Gasteiger partial charge in [0.2, 0.25) is 0 Å². The molecular formula is C12H11BrF4O2. The topological polar surface area (TPSA) is 26.3 Å². The highest BCUT2D eigenvalue weighted by Gasteiger charge is 2.41. The molecule has 0 fully saturated rings. The molecule has 0 radical (unpaired) electrons. The molecule has 0 aliphatic heterocycles. The standard InChI is InChI=1S/C12H11BrF4O2/c13-9-3-1-8(2-4-9)5-10(18)6-19-7-12(16,17)11(14)15/h1-4,11H,5-7H2. The SMILES string of the molecule is O=C(COCC(F)(F)C(F)F)Cc1ccc(Br)cc1. The molecule has 2 nitrogen and oxygen atoms in total. The van der Waals surface area contributed by atoms with Crippen molar-refractivity contribution in [1.29, 1.82) is 0 Å². The Kier molecular flexibility index (Phi) is 5.93. The minimum Gasteiger partial charge on any atom is -0.367 e. The number of hydrogen-bond donors (Lipinski definition) is 0. The summed E-state index contributed by atoms with van der Waals surface area (Å²) in [5.74, 6) is -4.68. The lowest BCUT2D eigenvalue weighted by molar-refractivity contribution is -0.168. The minimum absolute atomic E-state index is 0.00747. The summed E-state index contributed by atoms with van der Waals surface area (Å²) in [7, 11) is 0. The van der Waals surface area contributed by atoms with E-state index >= 15 is 0 Å². The number of hydrogen-bond acceptors (Lipinski definition) is 2. The van der Waals surface area contributed by atoms with Gasteiger partial charge in [0.15, 0.2) is 5.78 Å². The molecule has 0 amide bonds. The van der Waals surface area contributed by atoms with Gasteiger partial charge in [-0.15, -0.1) is 0 Å². The first-order valence-electron chi connectivity index (χ1n) is 5.31. The lowest BCUT2D eigenvalue weighted by atomic mass is 10.1. The second kappa shape index (κ2) is 7.00. The van der Waals surface area contributed by atoms with Crippen LogP contribution < -0.4 is 0 Å². The summed E-state index contributed by atoms with van der Waals surface area (Å²) in [6.07, 6.45) is -3.79. The van der Waals surface area contributed by atoms with E-state index < -0.39 is 31.3 Å². The Balaban J connectivity index is 2.34. The van der Waals surface area contributed by atoms with E-state index in [4.69, 9.17) is 0 Å². The third-order valence-corrected chi connectivity index (χ3v) is 2.72. The number of ether oxygens (including phenoxy) is 1. The number of carbonyl (C=O) groups is 1. The van der Waals surface area contributed by atoms with E-state index in [2.05, 4.69) is 20.7 Å². The van der Waals surface area contributed by atoms with Crippen LogP contribution in [0.4, 0.5) is 17.6 Å². The fourth-order valence-electron chi connectivity index (χ4n) is 1.24. The first kappa shape index (κ1) is 16.1. The average molecular weight is 343 g/mol. The summed E-state index contributed by atoms with van der Waals surface area (Å²) < 4.78 is 53.7. The largest absolute Gasteiger partial charge is 0.367 e. The summed E-state index contributed by atoms with van der Waals surface area (Å²) in [6, 6.07) is 6.84. The number of ketones is 1. The first-order chi connectivity index (χ1) is 8.81. The molecule has 0 bridgehead atoms. The van der Waals surface area contributed by atoms with Crippen molar-refractivity contribution in [2.24, 2.45) is 0 Å². The predicted octanol–water partition coefficient (Wildman–Crippen LogP) is 3.48. The molecule has 19 heavy (non-hydrogen) atoms. The van der Waals surface area contributed by atoms with E-state index in [-0.39, 0.29) is 6.42 Å². The Morgan fingerprint density at radius 1 is 1.26 bits per heavy atom. The van der Waals surface area contributed by atoms with Crippen molar-refractivity contribution >= 4 is 21.7 Å². The molecule has 0 heterocycles. The molecule has 0 saturated heterocycles. The second-order valence-corrected chi connectivity index (χ2v) is 4.81. The van der Waals surface area contributed by atoms with Gasteiger partial charge in [0, 0.05) is 10.9 Å². The van der Waals surface area contributed by atoms with Crippen molar-refractivity contribution in [3.05, 3.63) is 34.3 Å². The maximum atomic E-state index is 12.5. The molecule has 0 atom stereocenters. The molecule has 0 saturated carbocycles. The summed E-state index contributed by atoms with van der Waals surface area (Å²) in [6.45, 7) is -2.07. The minimum atomic E-state index is -4.22. The van der Waals surface area contributed by atoms with Gasteiger partial charge < -0.3 is 4.74 Å². The Morgan fingerprint density at radius 2 is 1.84 bits per heavy atom. The number of rotatable bonds is 7. The lowest BCUT2D eigenvalue weighted by Crippen LogP contribution is -2.33. The zero-order chi connectivity index (χ0) is 14.5. The van der Waals surface area contributed by atoms with Crippen LogP contribution in [0.5, 0.6) is 0 Å². The average Bonchev–Trinajstić information content (AvgIpc) is 2.31. The maximum Gasteiger partial charge on any atom is 0.330 e. The van der Waals surface area contributed by atoms with Gasteiger partial charge in [0.1, 0.15) is 13.2 Å². The molecule has 1 aromatic rings. The molecule has 7 heteroatoms. The van der Waals surface area contributed by atoms with E-state index in [9.17, 15) is 22.4 Å². The Morgan fingerprint density at radius 3 is 2.37 bits per heavy atom. The van der Waals surface area contributed by atoms with Crippen molar-refractivity contribution in [1.82, 2.24) is 0 Å². The van der Waals surface area contributed by atoms with Crippen LogP contribution in [0, 0.1) is 0 Å². The highest BCUT2D eigenvalue weighted by Crippen LogP contribution is 2.22. The first-order valence-corrected chi connectivity index (χ1v) is 6.10. The molecule has 0 aromatic heterocycles. The lowest BCUT2D eigenvalue weighted by Gasteiger charge is -2.14. The van der Waals surface area contributed by atoms with Crippen molar-refractivity contribution < 1.29 is 27.1 Å². The van der Waals surface area contributed by atoms with E-state index in [1.165, 1.54) is 0 Å². The monoisotopic (exact) mass is 342 g/mol.